The summed E-state index contributed by atoms with van der Waals surface area (Å²) in [5.41, 5.74) is 0. The number of thioether (sulfide) groups is 1. The van der Waals surface area contributed by atoms with Gasteiger partial charge in [-0.2, -0.15) is 11.8 Å². The van der Waals surface area contributed by atoms with Crippen LogP contribution in [-0.2, 0) is 10.0 Å². The fourth-order valence-electron chi connectivity index (χ4n) is 1.75. The van der Waals surface area contributed by atoms with Crippen molar-refractivity contribution in [2.24, 2.45) is 0 Å². The van der Waals surface area contributed by atoms with Crippen LogP contribution in [0.4, 0.5) is 0 Å². The maximum atomic E-state index is 12.1. The molecule has 1 unspecified atom stereocenters. The van der Waals surface area contributed by atoms with E-state index in [2.05, 4.69) is 4.72 Å². The topological polar surface area (TPSA) is 96.6 Å². The molecule has 2 N–H and O–H groups in total. The Bertz CT molecular complexity index is 557. The molecule has 1 aromatic heterocycles. The van der Waals surface area contributed by atoms with Crippen LogP contribution in [0.2, 0.25) is 0 Å². The van der Waals surface area contributed by atoms with Crippen LogP contribution < -0.4 is 4.72 Å². The predicted octanol–water partition coefficient (Wildman–Crippen LogP) is 1.07. The summed E-state index contributed by atoms with van der Waals surface area (Å²) in [7, 11) is -3.71. The Labute approximate surface area is 109 Å². The van der Waals surface area contributed by atoms with E-state index < -0.39 is 16.0 Å². The van der Waals surface area contributed by atoms with E-state index in [1.54, 1.807) is 11.8 Å². The van der Waals surface area contributed by atoms with Gasteiger partial charge in [-0.05, 0) is 19.1 Å². The van der Waals surface area contributed by atoms with Crippen molar-refractivity contribution < 1.29 is 22.7 Å². The standard InChI is InChI=1S/C10H13NO5S2/c1-6-9(4-8(16-6)10(12)13)18(14,15)11-7-2-3-17-5-7/h4,7,11H,2-3,5H2,1H3,(H,12,13). The van der Waals surface area contributed by atoms with Crippen molar-refractivity contribution in [1.82, 2.24) is 4.72 Å². The van der Waals surface area contributed by atoms with Gasteiger partial charge in [-0.15, -0.1) is 0 Å². The smallest absolute Gasteiger partial charge is 0.371 e. The van der Waals surface area contributed by atoms with E-state index in [-0.39, 0.29) is 22.5 Å². The molecule has 6 nitrogen and oxygen atoms in total. The summed E-state index contributed by atoms with van der Waals surface area (Å²) in [5, 5.41) is 8.76. The van der Waals surface area contributed by atoms with E-state index >= 15 is 0 Å². The van der Waals surface area contributed by atoms with Crippen LogP contribution in [0, 0.1) is 6.92 Å². The van der Waals surface area contributed by atoms with Crippen LogP contribution in [0.25, 0.3) is 0 Å². The normalized spacial score (nSPS) is 20.2. The molecule has 1 aromatic rings. The first kappa shape index (κ1) is 13.4. The molecule has 0 saturated carbocycles. The van der Waals surface area contributed by atoms with Gasteiger partial charge in [0.25, 0.3) is 0 Å². The summed E-state index contributed by atoms with van der Waals surface area (Å²) in [4.78, 5) is 10.6. The van der Waals surface area contributed by atoms with E-state index in [0.717, 1.165) is 24.0 Å². The number of hydrogen-bond acceptors (Lipinski definition) is 5. The van der Waals surface area contributed by atoms with Crippen molar-refractivity contribution in [3.8, 4) is 0 Å². The van der Waals surface area contributed by atoms with E-state index in [1.807, 2.05) is 0 Å². The Balaban J connectivity index is 2.26. The highest BCUT2D eigenvalue weighted by Crippen LogP contribution is 2.23. The van der Waals surface area contributed by atoms with Gasteiger partial charge >= 0.3 is 5.97 Å². The van der Waals surface area contributed by atoms with Gasteiger partial charge in [0.05, 0.1) is 0 Å². The van der Waals surface area contributed by atoms with E-state index in [9.17, 15) is 13.2 Å². The molecular formula is C10H13NO5S2. The molecule has 0 spiro atoms. The Morgan fingerprint density at radius 3 is 2.83 bits per heavy atom. The van der Waals surface area contributed by atoms with Crippen LogP contribution in [0.3, 0.4) is 0 Å². The number of aryl methyl sites for hydroxylation is 1. The molecule has 18 heavy (non-hydrogen) atoms. The Morgan fingerprint density at radius 2 is 2.33 bits per heavy atom. The molecule has 1 saturated heterocycles. The SMILES string of the molecule is Cc1oc(C(=O)O)cc1S(=O)(=O)NC1CCSC1. The summed E-state index contributed by atoms with van der Waals surface area (Å²) in [6.07, 6.45) is 0.784. The molecule has 0 aliphatic carbocycles. The number of carboxylic acid groups (broad SMARTS) is 1. The molecule has 1 aliphatic rings. The lowest BCUT2D eigenvalue weighted by atomic mass is 10.3. The van der Waals surface area contributed by atoms with Crippen LogP contribution in [-0.4, -0.2) is 37.0 Å². The molecule has 1 atom stereocenters. The summed E-state index contributed by atoms with van der Waals surface area (Å²) < 4.78 is 31.6. The Hall–Kier alpha value is -0.990. The van der Waals surface area contributed by atoms with E-state index in [4.69, 9.17) is 9.52 Å². The second-order valence-corrected chi connectivity index (χ2v) is 6.85. The number of nitrogens with one attached hydrogen (secondary N) is 1. The highest BCUT2D eigenvalue weighted by atomic mass is 32.2. The first-order valence-electron chi connectivity index (χ1n) is 5.34. The van der Waals surface area contributed by atoms with Crippen LogP contribution in [0.15, 0.2) is 15.4 Å². The second kappa shape index (κ2) is 4.94. The molecule has 0 radical (unpaired) electrons. The molecule has 1 aliphatic heterocycles. The summed E-state index contributed by atoms with van der Waals surface area (Å²) >= 11 is 1.69. The molecule has 2 rings (SSSR count). The molecule has 100 valence electrons. The zero-order chi connectivity index (χ0) is 13.3. The predicted molar refractivity (Wildman–Crippen MR) is 66.5 cm³/mol. The van der Waals surface area contributed by atoms with Crippen molar-refractivity contribution in [3.63, 3.8) is 0 Å². The summed E-state index contributed by atoms with van der Waals surface area (Å²) in [5.74, 6) is 0.107. The van der Waals surface area contributed by atoms with Gasteiger partial charge in [0.2, 0.25) is 15.8 Å². The number of rotatable bonds is 4. The van der Waals surface area contributed by atoms with Crippen molar-refractivity contribution in [3.05, 3.63) is 17.6 Å². The maximum Gasteiger partial charge on any atom is 0.371 e. The average molecular weight is 291 g/mol. The zero-order valence-corrected chi connectivity index (χ0v) is 11.3. The van der Waals surface area contributed by atoms with Gasteiger partial charge in [-0.1, -0.05) is 0 Å². The number of sulfonamides is 1. The minimum Gasteiger partial charge on any atom is -0.475 e. The Morgan fingerprint density at radius 1 is 1.61 bits per heavy atom. The van der Waals surface area contributed by atoms with Gasteiger partial charge in [-0.3, -0.25) is 0 Å². The minimum absolute atomic E-state index is 0.0885. The molecule has 0 aromatic carbocycles. The maximum absolute atomic E-state index is 12.1. The van der Waals surface area contributed by atoms with Gasteiger partial charge < -0.3 is 9.52 Å². The van der Waals surface area contributed by atoms with Crippen molar-refractivity contribution in [2.75, 3.05) is 11.5 Å². The van der Waals surface area contributed by atoms with Gasteiger partial charge in [0.1, 0.15) is 10.7 Å². The number of aromatic carboxylic acids is 1. The van der Waals surface area contributed by atoms with Crippen LogP contribution in [0.5, 0.6) is 0 Å². The number of hydrogen-bond donors (Lipinski definition) is 2. The van der Waals surface area contributed by atoms with Gasteiger partial charge in [0.15, 0.2) is 0 Å². The second-order valence-electron chi connectivity index (χ2n) is 4.02. The molecule has 0 bridgehead atoms. The third-order valence-corrected chi connectivity index (χ3v) is 5.41. The lowest BCUT2D eigenvalue weighted by molar-refractivity contribution is 0.0661. The van der Waals surface area contributed by atoms with Crippen molar-refractivity contribution >= 4 is 27.8 Å². The molecular weight excluding hydrogens is 278 g/mol. The van der Waals surface area contributed by atoms with E-state index in [1.165, 1.54) is 6.92 Å². The van der Waals surface area contributed by atoms with Crippen LogP contribution >= 0.6 is 11.8 Å². The third kappa shape index (κ3) is 2.70. The first-order valence-corrected chi connectivity index (χ1v) is 7.98. The highest BCUT2D eigenvalue weighted by Gasteiger charge is 2.27. The first-order chi connectivity index (χ1) is 8.40. The molecule has 0 amide bonds. The zero-order valence-electron chi connectivity index (χ0n) is 9.67. The van der Waals surface area contributed by atoms with Crippen LogP contribution in [0.1, 0.15) is 22.7 Å². The number of carboxylic acids is 1. The number of carbonyl (C=O) groups is 1. The monoisotopic (exact) mass is 291 g/mol. The van der Waals surface area contributed by atoms with Gasteiger partial charge in [0, 0.05) is 17.9 Å². The summed E-state index contributed by atoms with van der Waals surface area (Å²) in [6.45, 7) is 1.43. The largest absolute Gasteiger partial charge is 0.475 e. The van der Waals surface area contributed by atoms with Crippen molar-refractivity contribution in [2.45, 2.75) is 24.3 Å². The number of furan rings is 1. The third-order valence-electron chi connectivity index (χ3n) is 2.62. The fraction of sp³-hybridized carbons (Fsp3) is 0.500. The van der Waals surface area contributed by atoms with Gasteiger partial charge in [-0.25, -0.2) is 17.9 Å². The summed E-state index contributed by atoms with van der Waals surface area (Å²) in [6, 6.07) is 0.949. The molecule has 8 heteroatoms. The lowest BCUT2D eigenvalue weighted by Gasteiger charge is -2.10. The lowest BCUT2D eigenvalue weighted by Crippen LogP contribution is -2.34. The average Bonchev–Trinajstić information content (AvgIpc) is 2.86. The van der Waals surface area contributed by atoms with E-state index in [0.29, 0.717) is 0 Å². The Kier molecular flexibility index (Phi) is 3.69. The molecule has 2 heterocycles. The quantitative estimate of drug-likeness (QED) is 0.861. The highest BCUT2D eigenvalue weighted by molar-refractivity contribution is 7.99. The minimum atomic E-state index is -3.71. The fourth-order valence-corrected chi connectivity index (χ4v) is 4.46. The molecule has 1 fully saturated rings. The van der Waals surface area contributed by atoms with Crippen molar-refractivity contribution in [1.29, 1.82) is 0 Å².